The van der Waals surface area contributed by atoms with E-state index >= 15 is 0 Å². The number of nitrogens with zero attached hydrogens (tertiary/aromatic N) is 4. The van der Waals surface area contributed by atoms with Crippen LogP contribution in [0.2, 0.25) is 0 Å². The molecule has 2 aliphatic rings. The molecule has 2 fully saturated rings. The number of hydrogen-bond donors (Lipinski definition) is 0. The van der Waals surface area contributed by atoms with Crippen LogP contribution in [0.15, 0.2) is 54.7 Å². The Bertz CT molecular complexity index is 1130. The normalized spacial score (nSPS) is 17.2. The van der Waals surface area contributed by atoms with Gasteiger partial charge >= 0.3 is 5.97 Å². The van der Waals surface area contributed by atoms with Crippen LogP contribution in [0.3, 0.4) is 0 Å². The Morgan fingerprint density at radius 3 is 2.20 bits per heavy atom. The second-order valence-electron chi connectivity index (χ2n) is 9.72. The number of hydrogen-bond acceptors (Lipinski definition) is 5. The van der Waals surface area contributed by atoms with Crippen molar-refractivity contribution in [3.05, 3.63) is 60.3 Å². The van der Waals surface area contributed by atoms with Crippen molar-refractivity contribution in [1.29, 1.82) is 0 Å². The van der Waals surface area contributed by atoms with Crippen LogP contribution in [0.1, 0.15) is 31.7 Å². The van der Waals surface area contributed by atoms with Gasteiger partial charge in [-0.1, -0.05) is 30.3 Å². The Labute approximate surface area is 209 Å². The third-order valence-electron chi connectivity index (χ3n) is 7.46. The van der Waals surface area contributed by atoms with Gasteiger partial charge in [-0.05, 0) is 56.4 Å². The van der Waals surface area contributed by atoms with Crippen LogP contribution in [-0.2, 0) is 22.5 Å². The van der Waals surface area contributed by atoms with E-state index in [2.05, 4.69) is 63.4 Å². The van der Waals surface area contributed by atoms with E-state index in [1.165, 1.54) is 54.7 Å². The van der Waals surface area contributed by atoms with Crippen LogP contribution < -0.4 is 9.80 Å². The molecule has 0 bridgehead atoms. The highest BCUT2D eigenvalue weighted by Crippen LogP contribution is 2.32. The summed E-state index contributed by atoms with van der Waals surface area (Å²) in [5, 5.41) is 1.24. The summed E-state index contributed by atoms with van der Waals surface area (Å²) in [6.45, 7) is 10.2. The topological polar surface area (TPSA) is 41.0 Å². The Hall–Kier alpha value is -2.99. The van der Waals surface area contributed by atoms with Crippen LogP contribution in [0.25, 0.3) is 10.9 Å². The molecule has 6 heteroatoms. The van der Waals surface area contributed by atoms with Gasteiger partial charge in [0, 0.05) is 62.9 Å². The molecule has 2 saturated heterocycles. The number of fused-ring (bicyclic) bond motifs is 1. The first-order chi connectivity index (χ1) is 17.2. The van der Waals surface area contributed by atoms with Crippen LogP contribution in [0.4, 0.5) is 11.4 Å². The van der Waals surface area contributed by atoms with Crippen LogP contribution in [-0.4, -0.2) is 67.9 Å². The maximum absolute atomic E-state index is 12.1. The zero-order valence-electron chi connectivity index (χ0n) is 21.0. The van der Waals surface area contributed by atoms with Gasteiger partial charge in [-0.2, -0.15) is 0 Å². The molecule has 186 valence electrons. The van der Waals surface area contributed by atoms with Crippen LogP contribution >= 0.6 is 0 Å². The summed E-state index contributed by atoms with van der Waals surface area (Å²) < 4.78 is 7.22. The van der Waals surface area contributed by atoms with Gasteiger partial charge in [-0.15, -0.1) is 0 Å². The Morgan fingerprint density at radius 2 is 1.49 bits per heavy atom. The number of anilines is 2. The predicted octanol–water partition coefficient (Wildman–Crippen LogP) is 4.56. The summed E-state index contributed by atoms with van der Waals surface area (Å²) in [6.07, 6.45) is 7.10. The van der Waals surface area contributed by atoms with Crippen molar-refractivity contribution in [3.63, 3.8) is 0 Å². The highest BCUT2D eigenvalue weighted by Gasteiger charge is 2.22. The number of aromatic nitrogens is 1. The molecular formula is C29H38N4O2. The molecule has 0 spiro atoms. The van der Waals surface area contributed by atoms with Crippen molar-refractivity contribution in [2.75, 3.05) is 62.2 Å². The number of rotatable bonds is 8. The van der Waals surface area contributed by atoms with Crippen molar-refractivity contribution in [2.24, 2.45) is 0 Å². The van der Waals surface area contributed by atoms with Gasteiger partial charge in [-0.25, -0.2) is 0 Å². The summed E-state index contributed by atoms with van der Waals surface area (Å²) in [5.41, 5.74) is 5.23. The highest BCUT2D eigenvalue weighted by molar-refractivity contribution is 5.85. The molecule has 0 amide bonds. The van der Waals surface area contributed by atoms with Gasteiger partial charge in [0.2, 0.25) is 0 Å². The van der Waals surface area contributed by atoms with E-state index < -0.39 is 0 Å². The smallest absolute Gasteiger partial charge is 0.325 e. The monoisotopic (exact) mass is 474 g/mol. The summed E-state index contributed by atoms with van der Waals surface area (Å²) >= 11 is 0. The predicted molar refractivity (Wildman–Crippen MR) is 143 cm³/mol. The van der Waals surface area contributed by atoms with Crippen molar-refractivity contribution in [3.8, 4) is 0 Å². The molecule has 0 saturated carbocycles. The molecule has 2 aromatic carbocycles. The molecule has 0 aliphatic carbocycles. The summed E-state index contributed by atoms with van der Waals surface area (Å²) in [7, 11) is 0. The molecule has 3 heterocycles. The first kappa shape index (κ1) is 23.7. The minimum Gasteiger partial charge on any atom is -0.465 e. The molecule has 3 aromatic rings. The average molecular weight is 475 g/mol. The van der Waals surface area contributed by atoms with Crippen molar-refractivity contribution in [2.45, 2.75) is 39.2 Å². The van der Waals surface area contributed by atoms with Crippen molar-refractivity contribution >= 4 is 28.2 Å². The fourth-order valence-corrected chi connectivity index (χ4v) is 5.62. The summed E-state index contributed by atoms with van der Waals surface area (Å²) in [6, 6.07) is 17.4. The number of piperidine rings is 1. The molecule has 0 radical (unpaired) electrons. The maximum Gasteiger partial charge on any atom is 0.325 e. The van der Waals surface area contributed by atoms with E-state index in [1.54, 1.807) is 0 Å². The van der Waals surface area contributed by atoms with Crippen molar-refractivity contribution in [1.82, 2.24) is 9.47 Å². The minimum absolute atomic E-state index is 0.180. The van der Waals surface area contributed by atoms with Gasteiger partial charge < -0.3 is 19.1 Å². The molecule has 0 atom stereocenters. The lowest BCUT2D eigenvalue weighted by atomic mass is 10.1. The second-order valence-corrected chi connectivity index (χ2v) is 9.72. The molecular weight excluding hydrogens is 436 g/mol. The Kier molecular flexibility index (Phi) is 7.57. The molecule has 0 N–H and O–H groups in total. The number of benzene rings is 2. The third-order valence-corrected chi connectivity index (χ3v) is 7.46. The van der Waals surface area contributed by atoms with E-state index in [1.807, 2.05) is 17.6 Å². The van der Waals surface area contributed by atoms with Gasteiger partial charge in [0.15, 0.2) is 0 Å². The molecule has 6 nitrogen and oxygen atoms in total. The maximum atomic E-state index is 12.1. The fraction of sp³-hybridized carbons (Fsp3) is 0.483. The lowest BCUT2D eigenvalue weighted by molar-refractivity contribution is -0.143. The van der Waals surface area contributed by atoms with Crippen LogP contribution in [0, 0.1) is 0 Å². The third kappa shape index (κ3) is 5.48. The SMILES string of the molecule is CCOC(=O)Cn1cc(CCN2CCN(c3ccccc3N3CCCCC3)CC2)c2ccccc21. The van der Waals surface area contributed by atoms with E-state index in [0.717, 1.165) is 44.7 Å². The van der Waals surface area contributed by atoms with E-state index in [9.17, 15) is 4.79 Å². The number of para-hydroxylation sites is 3. The zero-order chi connectivity index (χ0) is 24.0. The molecule has 1 aromatic heterocycles. The second kappa shape index (κ2) is 11.2. The standard InChI is InChI=1S/C29H38N4O2/c1-2-35-29(34)23-33-22-24(25-10-4-5-11-26(25)33)14-17-30-18-20-32(21-19-30)28-13-7-6-12-27(28)31-15-8-3-9-16-31/h4-7,10-13,22H,2-3,8-9,14-21,23H2,1H3. The molecule has 2 aliphatic heterocycles. The molecule has 5 rings (SSSR count). The number of carbonyl (C=O) groups excluding carboxylic acids is 1. The van der Waals surface area contributed by atoms with Gasteiger partial charge in [0.25, 0.3) is 0 Å². The number of ether oxygens (including phenoxy) is 1. The average Bonchev–Trinajstić information content (AvgIpc) is 3.25. The summed E-state index contributed by atoms with van der Waals surface area (Å²) in [5.74, 6) is -0.180. The number of carbonyl (C=O) groups is 1. The zero-order valence-corrected chi connectivity index (χ0v) is 21.0. The lowest BCUT2D eigenvalue weighted by Gasteiger charge is -2.39. The van der Waals surface area contributed by atoms with Crippen LogP contribution in [0.5, 0.6) is 0 Å². The Morgan fingerprint density at radius 1 is 0.829 bits per heavy atom. The van der Waals surface area contributed by atoms with Gasteiger partial charge in [0.1, 0.15) is 6.54 Å². The minimum atomic E-state index is -0.180. The molecule has 35 heavy (non-hydrogen) atoms. The quantitative estimate of drug-likeness (QED) is 0.448. The van der Waals surface area contributed by atoms with Gasteiger partial charge in [-0.3, -0.25) is 9.69 Å². The Balaban J connectivity index is 1.20. The first-order valence-corrected chi connectivity index (χ1v) is 13.3. The lowest BCUT2D eigenvalue weighted by Crippen LogP contribution is -2.47. The van der Waals surface area contributed by atoms with Crippen molar-refractivity contribution < 1.29 is 9.53 Å². The van der Waals surface area contributed by atoms with E-state index in [0.29, 0.717) is 6.61 Å². The highest BCUT2D eigenvalue weighted by atomic mass is 16.5. The van der Waals surface area contributed by atoms with E-state index in [4.69, 9.17) is 4.74 Å². The first-order valence-electron chi connectivity index (χ1n) is 13.3. The largest absolute Gasteiger partial charge is 0.465 e. The number of esters is 1. The van der Waals surface area contributed by atoms with Gasteiger partial charge in [0.05, 0.1) is 18.0 Å². The summed E-state index contributed by atoms with van der Waals surface area (Å²) in [4.78, 5) is 19.8. The van der Waals surface area contributed by atoms with E-state index in [-0.39, 0.29) is 12.5 Å². The number of piperazine rings is 1. The fourth-order valence-electron chi connectivity index (χ4n) is 5.62. The molecule has 0 unspecified atom stereocenters.